The van der Waals surface area contributed by atoms with Gasteiger partial charge in [0.1, 0.15) is 0 Å². The molecule has 0 bridgehead atoms. The zero-order valence-corrected chi connectivity index (χ0v) is 8.73. The average Bonchev–Trinajstić information content (AvgIpc) is 2.10. The molecular formula is C11H14F3N. The molecule has 0 aliphatic carbocycles. The normalized spacial score (nSPS) is 14.0. The van der Waals surface area contributed by atoms with Crippen molar-refractivity contribution in [2.75, 3.05) is 6.54 Å². The fraction of sp³-hybridized carbons (Fsp3) is 0.455. The molecule has 0 saturated heterocycles. The van der Waals surface area contributed by atoms with Crippen molar-refractivity contribution >= 4 is 0 Å². The quantitative estimate of drug-likeness (QED) is 0.809. The van der Waals surface area contributed by atoms with E-state index < -0.39 is 18.6 Å². The van der Waals surface area contributed by atoms with Gasteiger partial charge in [-0.2, -0.15) is 13.2 Å². The van der Waals surface area contributed by atoms with Crippen molar-refractivity contribution in [2.24, 2.45) is 5.73 Å². The van der Waals surface area contributed by atoms with Crippen molar-refractivity contribution in [2.45, 2.75) is 25.9 Å². The van der Waals surface area contributed by atoms with E-state index in [2.05, 4.69) is 0 Å². The van der Waals surface area contributed by atoms with E-state index in [1.165, 1.54) is 6.07 Å². The van der Waals surface area contributed by atoms with Gasteiger partial charge in [0, 0.05) is 6.54 Å². The summed E-state index contributed by atoms with van der Waals surface area (Å²) < 4.78 is 37.7. The van der Waals surface area contributed by atoms with Crippen LogP contribution in [0.2, 0.25) is 0 Å². The third-order valence-electron chi connectivity index (χ3n) is 2.56. The minimum atomic E-state index is -4.27. The van der Waals surface area contributed by atoms with E-state index in [0.717, 1.165) is 11.1 Å². The van der Waals surface area contributed by atoms with Crippen LogP contribution < -0.4 is 5.73 Å². The SMILES string of the molecule is Cc1ccc(C(CN)C(F)(F)F)cc1C. The Kier molecular flexibility index (Phi) is 3.39. The van der Waals surface area contributed by atoms with Gasteiger partial charge in [-0.1, -0.05) is 18.2 Å². The van der Waals surface area contributed by atoms with Gasteiger partial charge in [0.2, 0.25) is 0 Å². The summed E-state index contributed by atoms with van der Waals surface area (Å²) in [6, 6.07) is 4.74. The highest BCUT2D eigenvalue weighted by Crippen LogP contribution is 2.34. The monoisotopic (exact) mass is 217 g/mol. The number of rotatable bonds is 2. The van der Waals surface area contributed by atoms with E-state index in [1.54, 1.807) is 19.1 Å². The zero-order chi connectivity index (χ0) is 11.6. The largest absolute Gasteiger partial charge is 0.396 e. The molecule has 0 spiro atoms. The summed E-state index contributed by atoms with van der Waals surface area (Å²) in [4.78, 5) is 0. The van der Waals surface area contributed by atoms with Gasteiger partial charge in [0.15, 0.2) is 0 Å². The number of alkyl halides is 3. The minimum Gasteiger partial charge on any atom is -0.330 e. The molecule has 2 N–H and O–H groups in total. The van der Waals surface area contributed by atoms with Gasteiger partial charge in [0.25, 0.3) is 0 Å². The van der Waals surface area contributed by atoms with Crippen LogP contribution in [0.25, 0.3) is 0 Å². The van der Waals surface area contributed by atoms with Crippen molar-refractivity contribution in [3.05, 3.63) is 34.9 Å². The van der Waals surface area contributed by atoms with Gasteiger partial charge in [-0.3, -0.25) is 0 Å². The van der Waals surface area contributed by atoms with E-state index in [9.17, 15) is 13.2 Å². The Balaban J connectivity index is 3.08. The van der Waals surface area contributed by atoms with Crippen molar-refractivity contribution in [3.8, 4) is 0 Å². The van der Waals surface area contributed by atoms with Crippen LogP contribution in [0.15, 0.2) is 18.2 Å². The Labute approximate surface area is 87.1 Å². The van der Waals surface area contributed by atoms with E-state index in [-0.39, 0.29) is 5.56 Å². The average molecular weight is 217 g/mol. The van der Waals surface area contributed by atoms with Gasteiger partial charge in [-0.15, -0.1) is 0 Å². The second-order valence-corrected chi connectivity index (χ2v) is 3.67. The predicted octanol–water partition coefficient (Wildman–Crippen LogP) is 2.91. The molecule has 84 valence electrons. The summed E-state index contributed by atoms with van der Waals surface area (Å²) in [5, 5.41) is 0. The smallest absolute Gasteiger partial charge is 0.330 e. The predicted molar refractivity (Wildman–Crippen MR) is 53.8 cm³/mol. The lowest BCUT2D eigenvalue weighted by atomic mass is 9.95. The Bertz CT molecular complexity index is 344. The Hall–Kier alpha value is -1.03. The Morgan fingerprint density at radius 2 is 1.80 bits per heavy atom. The maximum atomic E-state index is 12.6. The molecule has 0 aromatic heterocycles. The molecule has 1 atom stereocenters. The molecule has 0 aliphatic rings. The van der Waals surface area contributed by atoms with E-state index >= 15 is 0 Å². The highest BCUT2D eigenvalue weighted by atomic mass is 19.4. The number of benzene rings is 1. The first-order chi connectivity index (χ1) is 6.86. The van der Waals surface area contributed by atoms with Crippen molar-refractivity contribution in [1.82, 2.24) is 0 Å². The molecule has 1 unspecified atom stereocenters. The first kappa shape index (κ1) is 12.0. The molecule has 1 nitrogen and oxygen atoms in total. The molecular weight excluding hydrogens is 203 g/mol. The van der Waals surface area contributed by atoms with Crippen LogP contribution in [0, 0.1) is 13.8 Å². The maximum absolute atomic E-state index is 12.6. The minimum absolute atomic E-state index is 0.244. The second-order valence-electron chi connectivity index (χ2n) is 3.67. The first-order valence-electron chi connectivity index (χ1n) is 4.70. The number of halogens is 3. The molecule has 0 radical (unpaired) electrons. The maximum Gasteiger partial charge on any atom is 0.396 e. The van der Waals surface area contributed by atoms with Crippen LogP contribution >= 0.6 is 0 Å². The molecule has 1 rings (SSSR count). The highest BCUT2D eigenvalue weighted by molar-refractivity contribution is 5.32. The summed E-state index contributed by atoms with van der Waals surface area (Å²) in [6.07, 6.45) is -4.27. The molecule has 0 saturated carbocycles. The molecule has 0 aliphatic heterocycles. The van der Waals surface area contributed by atoms with Gasteiger partial charge in [0.05, 0.1) is 5.92 Å². The molecule has 0 heterocycles. The van der Waals surface area contributed by atoms with Crippen LogP contribution in [-0.4, -0.2) is 12.7 Å². The van der Waals surface area contributed by atoms with Crippen molar-refractivity contribution < 1.29 is 13.2 Å². The number of aryl methyl sites for hydroxylation is 2. The lowest BCUT2D eigenvalue weighted by Crippen LogP contribution is -2.28. The van der Waals surface area contributed by atoms with Crippen molar-refractivity contribution in [1.29, 1.82) is 0 Å². The summed E-state index contributed by atoms with van der Waals surface area (Å²) in [5.74, 6) is -1.56. The molecule has 0 fully saturated rings. The Morgan fingerprint density at radius 1 is 1.20 bits per heavy atom. The summed E-state index contributed by atoms with van der Waals surface area (Å²) in [7, 11) is 0. The summed E-state index contributed by atoms with van der Waals surface area (Å²) >= 11 is 0. The summed E-state index contributed by atoms with van der Waals surface area (Å²) in [5.41, 5.74) is 7.24. The lowest BCUT2D eigenvalue weighted by Gasteiger charge is -2.19. The van der Waals surface area contributed by atoms with E-state index in [1.807, 2.05) is 6.92 Å². The first-order valence-corrected chi connectivity index (χ1v) is 4.70. The van der Waals surface area contributed by atoms with Crippen LogP contribution in [-0.2, 0) is 0 Å². The van der Waals surface area contributed by atoms with Crippen LogP contribution in [0.5, 0.6) is 0 Å². The third kappa shape index (κ3) is 2.72. The Morgan fingerprint density at radius 3 is 2.20 bits per heavy atom. The van der Waals surface area contributed by atoms with Gasteiger partial charge in [-0.25, -0.2) is 0 Å². The van der Waals surface area contributed by atoms with Crippen LogP contribution in [0.4, 0.5) is 13.2 Å². The highest BCUT2D eigenvalue weighted by Gasteiger charge is 2.39. The second kappa shape index (κ2) is 4.23. The third-order valence-corrected chi connectivity index (χ3v) is 2.56. The zero-order valence-electron chi connectivity index (χ0n) is 8.73. The fourth-order valence-electron chi connectivity index (χ4n) is 1.44. The van der Waals surface area contributed by atoms with Crippen LogP contribution in [0.1, 0.15) is 22.6 Å². The van der Waals surface area contributed by atoms with Crippen molar-refractivity contribution in [3.63, 3.8) is 0 Å². The molecule has 1 aromatic rings. The topological polar surface area (TPSA) is 26.0 Å². The molecule has 15 heavy (non-hydrogen) atoms. The number of hydrogen-bond donors (Lipinski definition) is 1. The number of nitrogens with two attached hydrogens (primary N) is 1. The fourth-order valence-corrected chi connectivity index (χ4v) is 1.44. The van der Waals surface area contributed by atoms with Gasteiger partial charge >= 0.3 is 6.18 Å². The summed E-state index contributed by atoms with van der Waals surface area (Å²) in [6.45, 7) is 3.25. The lowest BCUT2D eigenvalue weighted by molar-refractivity contribution is -0.148. The number of hydrogen-bond acceptors (Lipinski definition) is 1. The molecule has 4 heteroatoms. The van der Waals surface area contributed by atoms with Crippen LogP contribution in [0.3, 0.4) is 0 Å². The van der Waals surface area contributed by atoms with Gasteiger partial charge < -0.3 is 5.73 Å². The molecule has 1 aromatic carbocycles. The van der Waals surface area contributed by atoms with E-state index in [0.29, 0.717) is 0 Å². The van der Waals surface area contributed by atoms with Gasteiger partial charge in [-0.05, 0) is 30.5 Å². The van der Waals surface area contributed by atoms with E-state index in [4.69, 9.17) is 5.73 Å². The molecule has 0 amide bonds. The standard InChI is InChI=1S/C11H14F3N/c1-7-3-4-9(5-8(7)2)10(6-15)11(12,13)14/h3-5,10H,6,15H2,1-2H3.